The van der Waals surface area contributed by atoms with E-state index in [1.165, 1.54) is 0 Å². The Labute approximate surface area is 89.0 Å². The lowest BCUT2D eigenvalue weighted by Crippen LogP contribution is -2.38. The van der Waals surface area contributed by atoms with Crippen molar-refractivity contribution in [3.05, 3.63) is 0 Å². The second-order valence-corrected chi connectivity index (χ2v) is 5.76. The number of hydrogen-bond acceptors (Lipinski definition) is 2. The van der Waals surface area contributed by atoms with E-state index in [0.29, 0.717) is 6.42 Å². The second kappa shape index (κ2) is 2.41. The summed E-state index contributed by atoms with van der Waals surface area (Å²) in [6.45, 7) is 5.99. The molecule has 0 radical (unpaired) electrons. The summed E-state index contributed by atoms with van der Waals surface area (Å²) < 4.78 is 0. The van der Waals surface area contributed by atoms with Gasteiger partial charge in [0.25, 0.3) is 0 Å². The molecule has 0 amide bonds. The van der Waals surface area contributed by atoms with E-state index in [1.807, 2.05) is 20.8 Å². The maximum Gasteiger partial charge on any atom is 0.228 e. The molecule has 0 aliphatic heterocycles. The van der Waals surface area contributed by atoms with E-state index >= 15 is 0 Å². The van der Waals surface area contributed by atoms with Gasteiger partial charge >= 0.3 is 0 Å². The van der Waals surface area contributed by atoms with Gasteiger partial charge in [-0.2, -0.15) is 0 Å². The molecule has 3 heteroatoms. The van der Waals surface area contributed by atoms with E-state index in [0.717, 1.165) is 12.8 Å². The van der Waals surface area contributed by atoms with Gasteiger partial charge in [0.2, 0.25) is 5.24 Å². The summed E-state index contributed by atoms with van der Waals surface area (Å²) in [4.78, 5) is 23.4. The van der Waals surface area contributed by atoms with Crippen LogP contribution in [0.5, 0.6) is 0 Å². The average Bonchev–Trinajstić information content (AvgIpc) is 2.34. The van der Waals surface area contributed by atoms with Crippen molar-refractivity contribution in [3.63, 3.8) is 0 Å². The molecule has 2 saturated carbocycles. The van der Waals surface area contributed by atoms with Gasteiger partial charge < -0.3 is 0 Å². The van der Waals surface area contributed by atoms with Gasteiger partial charge in [0.15, 0.2) is 0 Å². The fraction of sp³-hybridized carbons (Fsp3) is 0.818. The molecule has 0 aromatic heterocycles. The van der Waals surface area contributed by atoms with Gasteiger partial charge in [0, 0.05) is 11.8 Å². The van der Waals surface area contributed by atoms with Crippen molar-refractivity contribution >= 4 is 22.6 Å². The third kappa shape index (κ3) is 0.758. The Hall–Kier alpha value is -0.370. The first-order chi connectivity index (χ1) is 6.28. The van der Waals surface area contributed by atoms with Crippen LogP contribution in [0.15, 0.2) is 0 Å². The van der Waals surface area contributed by atoms with Crippen molar-refractivity contribution in [2.24, 2.45) is 16.2 Å². The zero-order chi connectivity index (χ0) is 10.8. The number of hydrogen-bond donors (Lipinski definition) is 0. The minimum atomic E-state index is -0.583. The second-order valence-electron chi connectivity index (χ2n) is 5.41. The topological polar surface area (TPSA) is 34.1 Å². The Morgan fingerprint density at radius 2 is 1.86 bits per heavy atom. The number of carbonyl (C=O) groups is 2. The third-order valence-electron chi connectivity index (χ3n) is 5.08. The van der Waals surface area contributed by atoms with Crippen LogP contribution in [0.25, 0.3) is 0 Å². The molecule has 0 unspecified atom stereocenters. The highest BCUT2D eigenvalue weighted by molar-refractivity contribution is 6.65. The first kappa shape index (κ1) is 10.2. The fourth-order valence-electron chi connectivity index (χ4n) is 3.30. The normalized spacial score (nSPS) is 44.4. The molecular formula is C11H15ClO2. The van der Waals surface area contributed by atoms with E-state index in [4.69, 9.17) is 11.6 Å². The minimum absolute atomic E-state index is 0.211. The van der Waals surface area contributed by atoms with Crippen molar-refractivity contribution < 1.29 is 9.59 Å². The molecule has 2 aliphatic rings. The van der Waals surface area contributed by atoms with Crippen LogP contribution in [0, 0.1) is 16.2 Å². The molecule has 14 heavy (non-hydrogen) atoms. The quantitative estimate of drug-likeness (QED) is 0.629. The first-order valence-corrected chi connectivity index (χ1v) is 5.39. The Kier molecular flexibility index (Phi) is 1.75. The molecule has 0 aromatic carbocycles. The van der Waals surface area contributed by atoms with Crippen LogP contribution in [-0.2, 0) is 9.59 Å². The first-order valence-electron chi connectivity index (χ1n) is 5.01. The predicted octanol–water partition coefficient (Wildman–Crippen LogP) is 2.54. The van der Waals surface area contributed by atoms with Gasteiger partial charge in [0.1, 0.15) is 5.78 Å². The van der Waals surface area contributed by atoms with Crippen molar-refractivity contribution in [2.45, 2.75) is 40.0 Å². The van der Waals surface area contributed by atoms with Crippen LogP contribution < -0.4 is 0 Å². The Morgan fingerprint density at radius 3 is 2.07 bits per heavy atom. The lowest BCUT2D eigenvalue weighted by Gasteiger charge is -2.37. The molecular weight excluding hydrogens is 200 g/mol. The maximum atomic E-state index is 11.9. The van der Waals surface area contributed by atoms with E-state index in [1.54, 1.807) is 0 Å². The van der Waals surface area contributed by atoms with Gasteiger partial charge in [-0.25, -0.2) is 0 Å². The summed E-state index contributed by atoms with van der Waals surface area (Å²) in [6, 6.07) is 0. The van der Waals surface area contributed by atoms with Crippen LogP contribution in [0.1, 0.15) is 40.0 Å². The van der Waals surface area contributed by atoms with E-state index in [2.05, 4.69) is 0 Å². The highest BCUT2D eigenvalue weighted by Gasteiger charge is 2.72. The summed E-state index contributed by atoms with van der Waals surface area (Å²) in [7, 11) is 0. The summed E-state index contributed by atoms with van der Waals surface area (Å²) in [5.74, 6) is 0.211. The lowest BCUT2D eigenvalue weighted by molar-refractivity contribution is -0.129. The largest absolute Gasteiger partial charge is 0.299 e. The summed E-state index contributed by atoms with van der Waals surface area (Å²) in [5.41, 5.74) is -1.20. The summed E-state index contributed by atoms with van der Waals surface area (Å²) >= 11 is 5.69. The minimum Gasteiger partial charge on any atom is -0.299 e. The molecule has 0 saturated heterocycles. The molecule has 2 bridgehead atoms. The molecule has 2 aliphatic carbocycles. The molecule has 2 nitrogen and oxygen atoms in total. The molecule has 0 N–H and O–H groups in total. The number of fused-ring (bicyclic) bond motifs is 2. The van der Waals surface area contributed by atoms with Gasteiger partial charge in [-0.15, -0.1) is 0 Å². The van der Waals surface area contributed by atoms with Crippen molar-refractivity contribution in [1.29, 1.82) is 0 Å². The molecule has 2 atom stereocenters. The molecule has 2 fully saturated rings. The molecule has 0 heterocycles. The zero-order valence-corrected chi connectivity index (χ0v) is 9.57. The van der Waals surface area contributed by atoms with Crippen LogP contribution in [0.2, 0.25) is 0 Å². The fourth-order valence-corrected chi connectivity index (χ4v) is 3.69. The van der Waals surface area contributed by atoms with Gasteiger partial charge in [-0.1, -0.05) is 20.8 Å². The zero-order valence-electron chi connectivity index (χ0n) is 8.82. The van der Waals surface area contributed by atoms with E-state index in [-0.39, 0.29) is 21.9 Å². The monoisotopic (exact) mass is 214 g/mol. The highest BCUT2D eigenvalue weighted by atomic mass is 35.5. The smallest absolute Gasteiger partial charge is 0.228 e. The molecule has 2 rings (SSSR count). The summed E-state index contributed by atoms with van der Waals surface area (Å²) in [5, 5.41) is -0.322. The molecule has 0 spiro atoms. The van der Waals surface area contributed by atoms with Crippen LogP contribution in [0.4, 0.5) is 0 Å². The standard InChI is InChI=1S/C11H15ClO2/c1-9(2)10(3)4-5-11(9,8(12)14)6-7(10)13/h4-6H2,1-3H3/t10-,11+/m1/s1. The number of carbonyl (C=O) groups excluding carboxylic acids is 2. The predicted molar refractivity (Wildman–Crippen MR) is 54.0 cm³/mol. The summed E-state index contributed by atoms with van der Waals surface area (Å²) in [6.07, 6.45) is 1.92. The van der Waals surface area contributed by atoms with Crippen LogP contribution >= 0.6 is 11.6 Å². The number of halogens is 1. The molecule has 0 aromatic rings. The number of ketones is 1. The van der Waals surface area contributed by atoms with Crippen molar-refractivity contribution in [1.82, 2.24) is 0 Å². The highest BCUT2D eigenvalue weighted by Crippen LogP contribution is 2.71. The van der Waals surface area contributed by atoms with Gasteiger partial charge in [-0.3, -0.25) is 9.59 Å². The maximum absolute atomic E-state index is 11.9. The van der Waals surface area contributed by atoms with Crippen molar-refractivity contribution in [2.75, 3.05) is 0 Å². The Bertz CT molecular complexity index is 334. The third-order valence-corrected chi connectivity index (χ3v) is 5.44. The van der Waals surface area contributed by atoms with Crippen molar-refractivity contribution in [3.8, 4) is 0 Å². The van der Waals surface area contributed by atoms with Gasteiger partial charge in [-0.05, 0) is 29.9 Å². The van der Waals surface area contributed by atoms with Gasteiger partial charge in [0.05, 0.1) is 5.41 Å². The number of Topliss-reactive ketones (excluding diaryl/α,β-unsaturated/α-hetero) is 1. The number of rotatable bonds is 1. The molecule has 78 valence electrons. The lowest BCUT2D eigenvalue weighted by atomic mass is 9.65. The van der Waals surface area contributed by atoms with E-state index in [9.17, 15) is 9.59 Å². The Morgan fingerprint density at radius 1 is 1.29 bits per heavy atom. The van der Waals surface area contributed by atoms with Crippen LogP contribution in [-0.4, -0.2) is 11.0 Å². The van der Waals surface area contributed by atoms with E-state index < -0.39 is 5.41 Å². The SMILES string of the molecule is CC1(C)[C@@]2(C(=O)Cl)CC[C@]1(C)C(=O)C2. The van der Waals surface area contributed by atoms with Crippen LogP contribution in [0.3, 0.4) is 0 Å². The Balaban J connectivity index is 2.60. The average molecular weight is 215 g/mol.